The molecule has 1 amide bonds. The van der Waals surface area contributed by atoms with Crippen molar-refractivity contribution in [2.75, 3.05) is 6.54 Å². The van der Waals surface area contributed by atoms with Gasteiger partial charge in [0.15, 0.2) is 0 Å². The van der Waals surface area contributed by atoms with E-state index in [2.05, 4.69) is 26.1 Å². The number of amides is 1. The Labute approximate surface area is 103 Å². The minimum atomic E-state index is -0.295. The number of nitrogens with two attached hydrogens (primary N) is 1. The Morgan fingerprint density at radius 2 is 1.88 bits per heavy atom. The minimum Gasteiger partial charge on any atom is -0.368 e. The zero-order valence-corrected chi connectivity index (χ0v) is 10.9. The molecule has 0 aliphatic carbocycles. The lowest BCUT2D eigenvalue weighted by atomic mass is 9.95. The first-order chi connectivity index (χ1) is 7.88. The van der Waals surface area contributed by atoms with Gasteiger partial charge in [-0.1, -0.05) is 51.1 Å². The molecule has 3 N–H and O–H groups in total. The van der Waals surface area contributed by atoms with Gasteiger partial charge in [-0.25, -0.2) is 0 Å². The molecule has 0 radical (unpaired) electrons. The lowest BCUT2D eigenvalue weighted by Gasteiger charge is -2.23. The molecular formula is C14H22N2O. The van der Waals surface area contributed by atoms with Crippen LogP contribution in [0, 0.1) is 5.41 Å². The molecule has 1 rings (SSSR count). The summed E-state index contributed by atoms with van der Waals surface area (Å²) in [6, 6.07) is 9.62. The molecule has 1 atom stereocenters. The van der Waals surface area contributed by atoms with E-state index in [-0.39, 0.29) is 17.4 Å². The highest BCUT2D eigenvalue weighted by atomic mass is 16.1. The summed E-state index contributed by atoms with van der Waals surface area (Å²) >= 11 is 0. The highest BCUT2D eigenvalue weighted by molar-refractivity contribution is 5.80. The third kappa shape index (κ3) is 5.50. The van der Waals surface area contributed by atoms with Crippen LogP contribution in [0.25, 0.3) is 0 Å². The average Bonchev–Trinajstić information content (AvgIpc) is 2.24. The van der Waals surface area contributed by atoms with E-state index in [9.17, 15) is 4.79 Å². The summed E-state index contributed by atoms with van der Waals surface area (Å²) < 4.78 is 0. The van der Waals surface area contributed by atoms with Crippen LogP contribution in [0.15, 0.2) is 30.3 Å². The number of primary amides is 1. The van der Waals surface area contributed by atoms with Crippen molar-refractivity contribution in [3.63, 3.8) is 0 Å². The van der Waals surface area contributed by atoms with Gasteiger partial charge in [-0.2, -0.15) is 0 Å². The van der Waals surface area contributed by atoms with Crippen LogP contribution in [-0.4, -0.2) is 18.5 Å². The smallest absolute Gasteiger partial charge is 0.234 e. The van der Waals surface area contributed by atoms with Gasteiger partial charge in [0.25, 0.3) is 0 Å². The molecule has 3 nitrogen and oxygen atoms in total. The Hall–Kier alpha value is -1.35. The SMILES string of the molecule is CC(C)(C)CN[C@@H](Cc1ccccc1)C(N)=O. The van der Waals surface area contributed by atoms with Gasteiger partial charge in [-0.05, 0) is 17.4 Å². The Balaban J connectivity index is 2.59. The first-order valence-corrected chi connectivity index (χ1v) is 5.95. The number of carbonyl (C=O) groups excluding carboxylic acids is 1. The molecule has 1 aromatic rings. The monoisotopic (exact) mass is 234 g/mol. The lowest BCUT2D eigenvalue weighted by molar-refractivity contribution is -0.120. The summed E-state index contributed by atoms with van der Waals surface area (Å²) in [7, 11) is 0. The molecule has 0 aliphatic rings. The minimum absolute atomic E-state index is 0.143. The van der Waals surface area contributed by atoms with Crippen LogP contribution < -0.4 is 11.1 Å². The van der Waals surface area contributed by atoms with E-state index in [0.29, 0.717) is 6.42 Å². The highest BCUT2D eigenvalue weighted by Gasteiger charge is 2.18. The molecular weight excluding hydrogens is 212 g/mol. The normalized spacial score (nSPS) is 13.4. The van der Waals surface area contributed by atoms with Gasteiger partial charge in [-0.15, -0.1) is 0 Å². The van der Waals surface area contributed by atoms with Gasteiger partial charge >= 0.3 is 0 Å². The van der Waals surface area contributed by atoms with E-state index in [0.717, 1.165) is 12.1 Å². The lowest BCUT2D eigenvalue weighted by Crippen LogP contribution is -2.45. The molecule has 0 saturated heterocycles. The van der Waals surface area contributed by atoms with E-state index in [1.807, 2.05) is 30.3 Å². The summed E-state index contributed by atoms with van der Waals surface area (Å²) in [5, 5.41) is 3.23. The molecule has 0 unspecified atom stereocenters. The predicted molar refractivity (Wildman–Crippen MR) is 70.6 cm³/mol. The van der Waals surface area contributed by atoms with E-state index >= 15 is 0 Å². The fourth-order valence-corrected chi connectivity index (χ4v) is 1.55. The van der Waals surface area contributed by atoms with Crippen LogP contribution in [-0.2, 0) is 11.2 Å². The molecule has 0 saturated carbocycles. The fourth-order valence-electron chi connectivity index (χ4n) is 1.55. The zero-order valence-electron chi connectivity index (χ0n) is 10.9. The zero-order chi connectivity index (χ0) is 12.9. The van der Waals surface area contributed by atoms with Gasteiger partial charge in [0.2, 0.25) is 5.91 Å². The molecule has 0 aliphatic heterocycles. The second-order valence-corrected chi connectivity index (χ2v) is 5.59. The van der Waals surface area contributed by atoms with Crippen LogP contribution in [0.1, 0.15) is 26.3 Å². The summed E-state index contributed by atoms with van der Waals surface area (Å²) in [6.07, 6.45) is 0.645. The van der Waals surface area contributed by atoms with Gasteiger partial charge in [0.1, 0.15) is 0 Å². The third-order valence-electron chi connectivity index (χ3n) is 2.50. The van der Waals surface area contributed by atoms with Crippen molar-refractivity contribution >= 4 is 5.91 Å². The van der Waals surface area contributed by atoms with E-state index < -0.39 is 0 Å². The summed E-state index contributed by atoms with van der Waals surface area (Å²) in [6.45, 7) is 7.15. The molecule has 94 valence electrons. The van der Waals surface area contributed by atoms with Crippen molar-refractivity contribution in [1.82, 2.24) is 5.32 Å². The molecule has 0 aromatic heterocycles. The Bertz CT molecular complexity index is 354. The van der Waals surface area contributed by atoms with Crippen molar-refractivity contribution in [3.8, 4) is 0 Å². The van der Waals surface area contributed by atoms with Crippen molar-refractivity contribution in [2.24, 2.45) is 11.1 Å². The maximum absolute atomic E-state index is 11.4. The van der Waals surface area contributed by atoms with Crippen LogP contribution in [0.4, 0.5) is 0 Å². The standard InChI is InChI=1S/C14H22N2O/c1-14(2,3)10-16-12(13(15)17)9-11-7-5-4-6-8-11/h4-8,12,16H,9-10H2,1-3H3,(H2,15,17)/t12-/m0/s1. The number of nitrogens with one attached hydrogen (secondary N) is 1. The largest absolute Gasteiger partial charge is 0.368 e. The van der Waals surface area contributed by atoms with Gasteiger partial charge in [-0.3, -0.25) is 4.79 Å². The molecule has 0 bridgehead atoms. The van der Waals surface area contributed by atoms with Crippen molar-refractivity contribution < 1.29 is 4.79 Å². The van der Waals surface area contributed by atoms with Gasteiger partial charge < -0.3 is 11.1 Å². The van der Waals surface area contributed by atoms with E-state index in [1.165, 1.54) is 0 Å². The molecule has 3 heteroatoms. The molecule has 17 heavy (non-hydrogen) atoms. The van der Waals surface area contributed by atoms with Crippen LogP contribution in [0.5, 0.6) is 0 Å². The van der Waals surface area contributed by atoms with Gasteiger partial charge in [0, 0.05) is 6.54 Å². The predicted octanol–water partition coefficient (Wildman–Crippen LogP) is 1.72. The quantitative estimate of drug-likeness (QED) is 0.815. The second kappa shape index (κ2) is 5.82. The van der Waals surface area contributed by atoms with E-state index in [4.69, 9.17) is 5.73 Å². The molecule has 0 fully saturated rings. The average molecular weight is 234 g/mol. The topological polar surface area (TPSA) is 55.1 Å². The number of benzene rings is 1. The van der Waals surface area contributed by atoms with Crippen LogP contribution in [0.2, 0.25) is 0 Å². The summed E-state index contributed by atoms with van der Waals surface area (Å²) in [5.74, 6) is -0.293. The van der Waals surface area contributed by atoms with Crippen LogP contribution in [0.3, 0.4) is 0 Å². The number of hydrogen-bond acceptors (Lipinski definition) is 2. The first-order valence-electron chi connectivity index (χ1n) is 5.95. The Morgan fingerprint density at radius 1 is 1.29 bits per heavy atom. The van der Waals surface area contributed by atoms with Crippen molar-refractivity contribution in [1.29, 1.82) is 0 Å². The summed E-state index contributed by atoms with van der Waals surface area (Å²) in [4.78, 5) is 11.4. The molecule has 0 heterocycles. The fraction of sp³-hybridized carbons (Fsp3) is 0.500. The number of rotatable bonds is 5. The number of carbonyl (C=O) groups is 1. The maximum atomic E-state index is 11.4. The van der Waals surface area contributed by atoms with Gasteiger partial charge in [0.05, 0.1) is 6.04 Å². The first kappa shape index (κ1) is 13.7. The van der Waals surface area contributed by atoms with Crippen molar-refractivity contribution in [2.45, 2.75) is 33.2 Å². The summed E-state index contributed by atoms with van der Waals surface area (Å²) in [5.41, 5.74) is 6.68. The number of hydrogen-bond donors (Lipinski definition) is 2. The second-order valence-electron chi connectivity index (χ2n) is 5.59. The molecule has 0 spiro atoms. The van der Waals surface area contributed by atoms with E-state index in [1.54, 1.807) is 0 Å². The third-order valence-corrected chi connectivity index (χ3v) is 2.50. The van der Waals surface area contributed by atoms with Crippen LogP contribution >= 0.6 is 0 Å². The highest BCUT2D eigenvalue weighted by Crippen LogP contribution is 2.11. The Kier molecular flexibility index (Phi) is 4.70. The Morgan fingerprint density at radius 3 is 2.35 bits per heavy atom. The van der Waals surface area contributed by atoms with Crippen molar-refractivity contribution in [3.05, 3.63) is 35.9 Å². The maximum Gasteiger partial charge on any atom is 0.234 e. The molecule has 1 aromatic carbocycles.